The number of rotatable bonds is 8. The van der Waals surface area contributed by atoms with E-state index in [0.29, 0.717) is 19.8 Å². The lowest BCUT2D eigenvalue weighted by Crippen LogP contribution is -2.49. The van der Waals surface area contributed by atoms with Crippen LogP contribution in [0.5, 0.6) is 0 Å². The van der Waals surface area contributed by atoms with Crippen molar-refractivity contribution in [2.24, 2.45) is 23.2 Å². The normalized spacial score (nSPS) is 33.8. The quantitative estimate of drug-likeness (QED) is 0.290. The van der Waals surface area contributed by atoms with Crippen LogP contribution in [0.4, 0.5) is 0 Å². The average molecular weight is 529 g/mol. The van der Waals surface area contributed by atoms with Gasteiger partial charge in [0.15, 0.2) is 5.41 Å². The van der Waals surface area contributed by atoms with Gasteiger partial charge in [0.05, 0.1) is 35.9 Å². The van der Waals surface area contributed by atoms with Gasteiger partial charge in [0.1, 0.15) is 6.10 Å². The molecule has 2 bridgehead atoms. The number of carbonyl (C=O) groups is 1. The molecule has 1 aliphatic heterocycles. The number of ether oxygens (including phenoxy) is 3. The van der Waals surface area contributed by atoms with Crippen LogP contribution in [0, 0.1) is 34.5 Å². The third-order valence-corrected chi connectivity index (χ3v) is 8.72. The first kappa shape index (κ1) is 20.9. The molecule has 0 radical (unpaired) electrons. The van der Waals surface area contributed by atoms with Gasteiger partial charge in [-0.2, -0.15) is 5.26 Å². The van der Waals surface area contributed by atoms with Crippen molar-refractivity contribution in [1.82, 2.24) is 0 Å². The Labute approximate surface area is 195 Å². The molecule has 0 spiro atoms. The molecule has 2 aromatic carbocycles. The number of nitrogens with zero attached hydrogens (tertiary/aromatic N) is 1. The minimum Gasteiger partial charge on any atom is -0.460 e. The highest BCUT2D eigenvalue weighted by Crippen LogP contribution is 2.67. The highest BCUT2D eigenvalue weighted by molar-refractivity contribution is 14.1. The number of nitriles is 1. The largest absolute Gasteiger partial charge is 0.460 e. The number of benzene rings is 2. The summed E-state index contributed by atoms with van der Waals surface area (Å²) in [7, 11) is 0. The number of esters is 1. The van der Waals surface area contributed by atoms with Crippen molar-refractivity contribution in [1.29, 1.82) is 5.26 Å². The minimum absolute atomic E-state index is 0.0427. The lowest BCUT2D eigenvalue weighted by molar-refractivity contribution is -0.150. The first-order valence-electron chi connectivity index (χ1n) is 10.7. The van der Waals surface area contributed by atoms with Crippen molar-refractivity contribution >= 4 is 28.6 Å². The van der Waals surface area contributed by atoms with Crippen LogP contribution in [0.15, 0.2) is 60.7 Å². The van der Waals surface area contributed by atoms with Gasteiger partial charge in [-0.25, -0.2) is 0 Å². The second kappa shape index (κ2) is 8.53. The number of halogens is 1. The van der Waals surface area contributed by atoms with Crippen LogP contribution < -0.4 is 0 Å². The lowest BCUT2D eigenvalue weighted by Gasteiger charge is -2.38. The van der Waals surface area contributed by atoms with Crippen LogP contribution in [0.3, 0.4) is 0 Å². The van der Waals surface area contributed by atoms with Crippen molar-refractivity contribution in [2.75, 3.05) is 6.61 Å². The third-order valence-electron chi connectivity index (χ3n) is 7.08. The monoisotopic (exact) mass is 529 g/mol. The van der Waals surface area contributed by atoms with Crippen LogP contribution >= 0.6 is 22.6 Å². The van der Waals surface area contributed by atoms with E-state index in [1.54, 1.807) is 0 Å². The summed E-state index contributed by atoms with van der Waals surface area (Å²) in [5, 5.41) is 10.2. The predicted molar refractivity (Wildman–Crippen MR) is 122 cm³/mol. The Balaban J connectivity index is 1.39. The van der Waals surface area contributed by atoms with Crippen molar-refractivity contribution in [3.8, 4) is 6.07 Å². The Bertz CT molecular complexity index is 978. The summed E-state index contributed by atoms with van der Waals surface area (Å²) in [6.45, 7) is 1.22. The number of fused-ring (bicyclic) bond motifs is 1. The molecule has 5 rings (SSSR count). The van der Waals surface area contributed by atoms with E-state index in [4.69, 9.17) is 14.2 Å². The summed E-state index contributed by atoms with van der Waals surface area (Å²) in [4.78, 5) is 12.9. The molecule has 1 heterocycles. The van der Waals surface area contributed by atoms with E-state index in [9.17, 15) is 10.1 Å². The molecule has 6 heteroatoms. The second-order valence-corrected chi connectivity index (χ2v) is 10.1. The summed E-state index contributed by atoms with van der Waals surface area (Å²) in [6, 6.07) is 22.3. The van der Waals surface area contributed by atoms with E-state index < -0.39 is 5.41 Å². The Morgan fingerprint density at radius 1 is 1.10 bits per heavy atom. The molecule has 1 saturated heterocycles. The molecule has 5 nitrogen and oxygen atoms in total. The van der Waals surface area contributed by atoms with Gasteiger partial charge in [-0.1, -0.05) is 83.3 Å². The molecule has 160 valence electrons. The predicted octanol–water partition coefficient (Wildman–Crippen LogP) is 4.29. The Morgan fingerprint density at radius 3 is 2.39 bits per heavy atom. The van der Waals surface area contributed by atoms with Crippen LogP contribution in [0.2, 0.25) is 0 Å². The van der Waals surface area contributed by atoms with E-state index in [-0.39, 0.29) is 39.9 Å². The highest BCUT2D eigenvalue weighted by Gasteiger charge is 2.76. The van der Waals surface area contributed by atoms with Crippen LogP contribution in [0.1, 0.15) is 17.5 Å². The molecule has 0 N–H and O–H groups in total. The van der Waals surface area contributed by atoms with Gasteiger partial charge in [-0.05, 0) is 23.5 Å². The fourth-order valence-corrected chi connectivity index (χ4v) is 7.11. The Morgan fingerprint density at radius 2 is 1.74 bits per heavy atom. The second-order valence-electron chi connectivity index (χ2n) is 8.66. The maximum atomic E-state index is 12.9. The molecule has 0 amide bonds. The van der Waals surface area contributed by atoms with E-state index >= 15 is 0 Å². The SMILES string of the molecule is N#C[C@@]12C(=O)O[C@@H]3[C@@H](I)[C@@H](C[C@@H]31)[C@@H]2[C@@H](COCc1ccccc1)OCc1ccccc1. The zero-order chi connectivity index (χ0) is 21.4. The maximum Gasteiger partial charge on any atom is 0.327 e. The molecule has 3 fully saturated rings. The summed E-state index contributed by atoms with van der Waals surface area (Å²) in [5.74, 6) is -0.426. The van der Waals surface area contributed by atoms with E-state index in [1.807, 2.05) is 60.7 Å². The van der Waals surface area contributed by atoms with Crippen LogP contribution in [-0.2, 0) is 32.2 Å². The molecule has 2 aromatic rings. The molecule has 0 unspecified atom stereocenters. The molecule has 2 aliphatic carbocycles. The van der Waals surface area contributed by atoms with Gasteiger partial charge in [0.25, 0.3) is 0 Å². The number of carbonyl (C=O) groups excluding carboxylic acids is 1. The number of hydrogen-bond donors (Lipinski definition) is 0. The number of alkyl halides is 1. The van der Waals surface area contributed by atoms with Crippen LogP contribution in [0.25, 0.3) is 0 Å². The average Bonchev–Trinajstić information content (AvgIpc) is 3.39. The van der Waals surface area contributed by atoms with Crippen molar-refractivity contribution in [3.05, 3.63) is 71.8 Å². The van der Waals surface area contributed by atoms with Crippen molar-refractivity contribution in [3.63, 3.8) is 0 Å². The topological polar surface area (TPSA) is 68.6 Å². The fraction of sp³-hybridized carbons (Fsp3) is 0.440. The first-order chi connectivity index (χ1) is 15.1. The van der Waals surface area contributed by atoms with Crippen molar-refractivity contribution < 1.29 is 19.0 Å². The van der Waals surface area contributed by atoms with Gasteiger partial charge >= 0.3 is 5.97 Å². The maximum absolute atomic E-state index is 12.9. The molecular weight excluding hydrogens is 505 g/mol. The Hall–Kier alpha value is -1.95. The Kier molecular flexibility index (Phi) is 5.76. The van der Waals surface area contributed by atoms with Crippen molar-refractivity contribution in [2.45, 2.75) is 35.8 Å². The molecular formula is C25H24INO4. The fourth-order valence-electron chi connectivity index (χ4n) is 5.73. The molecule has 7 atom stereocenters. The molecule has 0 aromatic heterocycles. The van der Waals surface area contributed by atoms with Gasteiger partial charge in [0, 0.05) is 11.8 Å². The van der Waals surface area contributed by atoms with Gasteiger partial charge < -0.3 is 14.2 Å². The van der Waals surface area contributed by atoms with Gasteiger partial charge in [0.2, 0.25) is 0 Å². The van der Waals surface area contributed by atoms with Gasteiger partial charge in [-0.15, -0.1) is 0 Å². The molecule has 31 heavy (non-hydrogen) atoms. The summed E-state index contributed by atoms with van der Waals surface area (Å²) in [6.07, 6.45) is 0.336. The summed E-state index contributed by atoms with van der Waals surface area (Å²) >= 11 is 2.40. The molecule has 2 saturated carbocycles. The van der Waals surface area contributed by atoms with E-state index in [0.717, 1.165) is 17.5 Å². The summed E-state index contributed by atoms with van der Waals surface area (Å²) < 4.78 is 18.4. The standard InChI is InChI=1S/C25H24INO4/c26-22-18-11-19-23(22)31-24(28)25(19,15-27)21(18)20(30-13-17-9-5-2-6-10-17)14-29-12-16-7-3-1-4-8-16/h1-10,18-23H,11-14H2/t18-,19-,20+,21+,22-,23-,25+/m0/s1. The van der Waals surface area contributed by atoms with Gasteiger partial charge in [-0.3, -0.25) is 4.79 Å². The highest BCUT2D eigenvalue weighted by atomic mass is 127. The minimum atomic E-state index is -1.12. The van der Waals surface area contributed by atoms with E-state index in [2.05, 4.69) is 28.7 Å². The zero-order valence-corrected chi connectivity index (χ0v) is 19.2. The van der Waals surface area contributed by atoms with Crippen LogP contribution in [-0.4, -0.2) is 28.7 Å². The molecule has 3 aliphatic rings. The third kappa shape index (κ3) is 3.47. The smallest absolute Gasteiger partial charge is 0.327 e. The zero-order valence-electron chi connectivity index (χ0n) is 17.0. The number of hydrogen-bond acceptors (Lipinski definition) is 5. The summed E-state index contributed by atoms with van der Waals surface area (Å²) in [5.41, 5.74) is 1.02. The van der Waals surface area contributed by atoms with E-state index in [1.165, 1.54) is 0 Å². The first-order valence-corrected chi connectivity index (χ1v) is 11.9. The lowest BCUT2D eigenvalue weighted by atomic mass is 9.65.